The van der Waals surface area contributed by atoms with Crippen LogP contribution in [0.5, 0.6) is 0 Å². The highest BCUT2D eigenvalue weighted by Crippen LogP contribution is 2.20. The lowest BCUT2D eigenvalue weighted by Crippen LogP contribution is -2.39. The lowest BCUT2D eigenvalue weighted by atomic mass is 10.2. The van der Waals surface area contributed by atoms with Crippen molar-refractivity contribution in [2.75, 3.05) is 27.2 Å². The monoisotopic (exact) mass is 333 g/mol. The van der Waals surface area contributed by atoms with E-state index in [1.54, 1.807) is 12.1 Å². The van der Waals surface area contributed by atoms with Gasteiger partial charge in [0.15, 0.2) is 0 Å². The maximum Gasteiger partial charge on any atom is 0.240 e. The van der Waals surface area contributed by atoms with Crippen molar-refractivity contribution >= 4 is 21.6 Å². The molecule has 0 heterocycles. The van der Waals surface area contributed by atoms with Gasteiger partial charge in [0.05, 0.1) is 4.90 Å². The molecule has 2 N–H and O–H groups in total. The quantitative estimate of drug-likeness (QED) is 0.760. The summed E-state index contributed by atoms with van der Waals surface area (Å²) in [6.45, 7) is 5.81. The Balaban J connectivity index is 2.92. The number of nitrogens with one attached hydrogen (secondary N) is 2. The van der Waals surface area contributed by atoms with Crippen molar-refractivity contribution in [3.05, 3.63) is 28.8 Å². The van der Waals surface area contributed by atoms with Gasteiger partial charge in [-0.25, -0.2) is 13.1 Å². The average Bonchev–Trinajstić information content (AvgIpc) is 2.35. The third kappa shape index (κ3) is 5.92. The molecule has 0 fully saturated rings. The second-order valence-corrected chi connectivity index (χ2v) is 7.44. The van der Waals surface area contributed by atoms with Gasteiger partial charge in [-0.1, -0.05) is 18.5 Å². The van der Waals surface area contributed by atoms with Gasteiger partial charge < -0.3 is 10.2 Å². The van der Waals surface area contributed by atoms with Crippen LogP contribution in [-0.2, 0) is 16.6 Å². The van der Waals surface area contributed by atoms with Gasteiger partial charge in [-0.15, -0.1) is 0 Å². The van der Waals surface area contributed by atoms with Crippen LogP contribution in [0.2, 0.25) is 5.02 Å². The summed E-state index contributed by atoms with van der Waals surface area (Å²) in [6, 6.07) is 4.61. The van der Waals surface area contributed by atoms with Crippen molar-refractivity contribution in [3.8, 4) is 0 Å². The molecule has 0 bridgehead atoms. The van der Waals surface area contributed by atoms with E-state index in [0.29, 0.717) is 18.1 Å². The van der Waals surface area contributed by atoms with Gasteiger partial charge in [0.1, 0.15) is 0 Å². The van der Waals surface area contributed by atoms with Gasteiger partial charge in [-0.2, -0.15) is 0 Å². The number of hydrogen-bond acceptors (Lipinski definition) is 4. The van der Waals surface area contributed by atoms with Crippen LogP contribution in [0.4, 0.5) is 0 Å². The molecular weight excluding hydrogens is 310 g/mol. The Kier molecular flexibility index (Phi) is 7.09. The largest absolute Gasteiger partial charge is 0.313 e. The zero-order chi connectivity index (χ0) is 16.0. The molecule has 0 aromatic heterocycles. The molecule has 0 radical (unpaired) electrons. The van der Waals surface area contributed by atoms with Gasteiger partial charge in [-0.3, -0.25) is 0 Å². The van der Waals surface area contributed by atoms with Crippen molar-refractivity contribution in [2.24, 2.45) is 0 Å². The molecule has 0 aliphatic heterocycles. The Bertz CT molecular complexity index is 561. The minimum atomic E-state index is -3.53. The summed E-state index contributed by atoms with van der Waals surface area (Å²) in [5, 5.41) is 3.71. The summed E-state index contributed by atoms with van der Waals surface area (Å²) in [4.78, 5) is 2.18. The molecule has 0 saturated heterocycles. The van der Waals surface area contributed by atoms with Crippen molar-refractivity contribution in [1.29, 1.82) is 0 Å². The molecule has 0 spiro atoms. The lowest BCUT2D eigenvalue weighted by Gasteiger charge is -2.18. The molecule has 0 saturated carbocycles. The molecule has 120 valence electrons. The first kappa shape index (κ1) is 18.4. The molecule has 7 heteroatoms. The van der Waals surface area contributed by atoms with Crippen LogP contribution in [0.1, 0.15) is 19.4 Å². The number of sulfonamides is 1. The van der Waals surface area contributed by atoms with Crippen molar-refractivity contribution < 1.29 is 8.42 Å². The van der Waals surface area contributed by atoms with Crippen molar-refractivity contribution in [1.82, 2.24) is 14.9 Å². The Morgan fingerprint density at radius 2 is 2.00 bits per heavy atom. The van der Waals surface area contributed by atoms with E-state index in [4.69, 9.17) is 11.6 Å². The van der Waals surface area contributed by atoms with E-state index in [1.807, 2.05) is 32.8 Å². The molecule has 0 aliphatic rings. The number of halogens is 1. The SMILES string of the molecule is CCNCc1cc(S(=O)(=O)NC(C)CN(C)C)ccc1Cl. The second-order valence-electron chi connectivity index (χ2n) is 5.32. The zero-order valence-electron chi connectivity index (χ0n) is 13.0. The highest BCUT2D eigenvalue weighted by molar-refractivity contribution is 7.89. The second kappa shape index (κ2) is 8.10. The van der Waals surface area contributed by atoms with Gasteiger partial charge in [0.25, 0.3) is 0 Å². The molecule has 5 nitrogen and oxygen atoms in total. The van der Waals surface area contributed by atoms with Crippen molar-refractivity contribution in [3.63, 3.8) is 0 Å². The number of nitrogens with zero attached hydrogens (tertiary/aromatic N) is 1. The first-order valence-electron chi connectivity index (χ1n) is 6.92. The summed E-state index contributed by atoms with van der Waals surface area (Å²) < 4.78 is 27.4. The highest BCUT2D eigenvalue weighted by Gasteiger charge is 2.18. The maximum absolute atomic E-state index is 12.4. The molecule has 1 aromatic rings. The molecule has 1 unspecified atom stereocenters. The fourth-order valence-electron chi connectivity index (χ4n) is 2.03. The molecule has 1 aromatic carbocycles. The topological polar surface area (TPSA) is 61.4 Å². The van der Waals surface area contributed by atoms with Gasteiger partial charge in [0, 0.05) is 24.2 Å². The Labute approximate surface area is 132 Å². The predicted octanol–water partition coefficient (Wildman–Crippen LogP) is 1.68. The molecule has 0 aliphatic carbocycles. The summed E-state index contributed by atoms with van der Waals surface area (Å²) in [7, 11) is 0.276. The number of benzene rings is 1. The van der Waals surface area contributed by atoms with Crippen molar-refractivity contribution in [2.45, 2.75) is 31.3 Å². The van der Waals surface area contributed by atoms with E-state index < -0.39 is 10.0 Å². The van der Waals surface area contributed by atoms with Crippen LogP contribution in [-0.4, -0.2) is 46.5 Å². The summed E-state index contributed by atoms with van der Waals surface area (Å²) in [5.41, 5.74) is 0.779. The average molecular weight is 334 g/mol. The fourth-order valence-corrected chi connectivity index (χ4v) is 3.50. The number of rotatable bonds is 8. The van der Waals surface area contributed by atoms with E-state index >= 15 is 0 Å². The highest BCUT2D eigenvalue weighted by atomic mass is 35.5. The smallest absolute Gasteiger partial charge is 0.240 e. The van der Waals surface area contributed by atoms with E-state index in [-0.39, 0.29) is 10.9 Å². The van der Waals surface area contributed by atoms with E-state index in [2.05, 4.69) is 10.0 Å². The van der Waals surface area contributed by atoms with E-state index in [9.17, 15) is 8.42 Å². The molecule has 1 atom stereocenters. The molecule has 0 amide bonds. The third-order valence-corrected chi connectivity index (χ3v) is 4.84. The summed E-state index contributed by atoms with van der Waals surface area (Å²) in [6.07, 6.45) is 0. The summed E-state index contributed by atoms with van der Waals surface area (Å²) >= 11 is 6.09. The third-order valence-electron chi connectivity index (χ3n) is 2.89. The van der Waals surface area contributed by atoms with Crippen LogP contribution in [0, 0.1) is 0 Å². The van der Waals surface area contributed by atoms with Crippen LogP contribution in [0.25, 0.3) is 0 Å². The van der Waals surface area contributed by atoms with Crippen LogP contribution >= 0.6 is 11.6 Å². The molecular formula is C14H24ClN3O2S. The van der Waals surface area contributed by atoms with E-state index in [1.165, 1.54) is 6.07 Å². The van der Waals surface area contributed by atoms with Crippen LogP contribution < -0.4 is 10.0 Å². The first-order valence-corrected chi connectivity index (χ1v) is 8.78. The number of hydrogen-bond donors (Lipinski definition) is 2. The maximum atomic E-state index is 12.4. The Morgan fingerprint density at radius 1 is 1.33 bits per heavy atom. The minimum Gasteiger partial charge on any atom is -0.313 e. The van der Waals surface area contributed by atoms with Crippen LogP contribution in [0.3, 0.4) is 0 Å². The normalized spacial score (nSPS) is 13.6. The molecule has 1 rings (SSSR count). The van der Waals surface area contributed by atoms with Crippen LogP contribution in [0.15, 0.2) is 23.1 Å². The van der Waals surface area contributed by atoms with Gasteiger partial charge in [-0.05, 0) is 51.3 Å². The zero-order valence-corrected chi connectivity index (χ0v) is 14.6. The molecule has 21 heavy (non-hydrogen) atoms. The summed E-state index contributed by atoms with van der Waals surface area (Å²) in [5.74, 6) is 0. The Hall–Kier alpha value is -0.660. The van der Waals surface area contributed by atoms with Gasteiger partial charge >= 0.3 is 0 Å². The standard InChI is InChI=1S/C14H24ClN3O2S/c1-5-16-9-12-8-13(6-7-14(12)15)21(19,20)17-11(2)10-18(3)4/h6-8,11,16-17H,5,9-10H2,1-4H3. The fraction of sp³-hybridized carbons (Fsp3) is 0.571. The predicted molar refractivity (Wildman–Crippen MR) is 87.2 cm³/mol. The Morgan fingerprint density at radius 3 is 2.57 bits per heavy atom. The minimum absolute atomic E-state index is 0.169. The van der Waals surface area contributed by atoms with E-state index in [0.717, 1.165) is 12.1 Å². The lowest BCUT2D eigenvalue weighted by molar-refractivity contribution is 0.370. The number of likely N-dealkylation sites (N-methyl/N-ethyl adjacent to an activating group) is 1. The van der Waals surface area contributed by atoms with Gasteiger partial charge in [0.2, 0.25) is 10.0 Å². The first-order chi connectivity index (χ1) is 9.76.